The van der Waals surface area contributed by atoms with E-state index in [0.29, 0.717) is 12.5 Å². The lowest BCUT2D eigenvalue weighted by molar-refractivity contribution is -0.144. The van der Waals surface area contributed by atoms with Crippen molar-refractivity contribution in [3.63, 3.8) is 0 Å². The van der Waals surface area contributed by atoms with Gasteiger partial charge >= 0.3 is 6.18 Å². The lowest BCUT2D eigenvalue weighted by Crippen LogP contribution is -2.46. The number of aryl methyl sites for hydroxylation is 1. The third-order valence-electron chi connectivity index (χ3n) is 4.69. The molecule has 1 amide bonds. The minimum absolute atomic E-state index is 0. The molecular formula is C15H22ClF3N8O. The summed E-state index contributed by atoms with van der Waals surface area (Å²) in [6, 6.07) is -0.189. The maximum atomic E-state index is 12.7. The van der Waals surface area contributed by atoms with Crippen LogP contribution in [-0.4, -0.2) is 48.4 Å². The maximum absolute atomic E-state index is 12.7. The number of carbonyl (C=O) groups is 1. The van der Waals surface area contributed by atoms with Gasteiger partial charge in [0.2, 0.25) is 11.6 Å². The van der Waals surface area contributed by atoms with Crippen LogP contribution in [0.2, 0.25) is 0 Å². The highest BCUT2D eigenvalue weighted by Gasteiger charge is 2.36. The molecule has 1 aliphatic rings. The van der Waals surface area contributed by atoms with Crippen molar-refractivity contribution in [2.45, 2.75) is 51.2 Å². The van der Waals surface area contributed by atoms with Crippen LogP contribution in [0.5, 0.6) is 0 Å². The molecule has 13 heteroatoms. The van der Waals surface area contributed by atoms with Gasteiger partial charge in [-0.25, -0.2) is 4.98 Å². The molecule has 1 atom stereocenters. The highest BCUT2D eigenvalue weighted by atomic mass is 35.5. The number of nitrogens with one attached hydrogen (secondary N) is 2. The third-order valence-corrected chi connectivity index (χ3v) is 4.69. The zero-order valence-corrected chi connectivity index (χ0v) is 16.0. The van der Waals surface area contributed by atoms with E-state index in [4.69, 9.17) is 5.73 Å². The quantitative estimate of drug-likeness (QED) is 0.673. The number of nitrogens with zero attached hydrogens (tertiary/aromatic N) is 5. The second-order valence-electron chi connectivity index (χ2n) is 6.59. The summed E-state index contributed by atoms with van der Waals surface area (Å²) in [4.78, 5) is 19.9. The molecule has 1 aliphatic carbocycles. The minimum atomic E-state index is -4.66. The average molecular weight is 423 g/mol. The SMILES string of the molecule is Cc1nc(C(=O)NC(CN)C2CCCCC2)nn1-c1n[nH]c(C(F)(F)F)n1.Cl. The maximum Gasteiger partial charge on any atom is 0.451 e. The molecule has 2 heterocycles. The number of halogens is 4. The van der Waals surface area contributed by atoms with Crippen molar-refractivity contribution >= 4 is 18.3 Å². The fourth-order valence-corrected chi connectivity index (χ4v) is 3.29. The van der Waals surface area contributed by atoms with Crippen molar-refractivity contribution in [1.82, 2.24) is 35.3 Å². The molecule has 0 saturated heterocycles. The molecule has 1 unspecified atom stereocenters. The molecule has 0 radical (unpaired) electrons. The Bertz CT molecular complexity index is 800. The number of hydrogen-bond acceptors (Lipinski definition) is 6. The summed E-state index contributed by atoms with van der Waals surface area (Å²) >= 11 is 0. The first-order valence-corrected chi connectivity index (χ1v) is 8.74. The second kappa shape index (κ2) is 8.86. The summed E-state index contributed by atoms with van der Waals surface area (Å²) in [6.07, 6.45) is 0.740. The third kappa shape index (κ3) is 4.79. The van der Waals surface area contributed by atoms with Crippen molar-refractivity contribution in [2.24, 2.45) is 11.7 Å². The molecule has 0 spiro atoms. The van der Waals surface area contributed by atoms with Crippen LogP contribution in [0.4, 0.5) is 13.2 Å². The van der Waals surface area contributed by atoms with E-state index in [0.717, 1.165) is 30.4 Å². The average Bonchev–Trinajstić information content (AvgIpc) is 3.26. The number of aromatic nitrogens is 6. The molecule has 3 rings (SSSR count). The van der Waals surface area contributed by atoms with Gasteiger partial charge in [-0.15, -0.1) is 22.6 Å². The van der Waals surface area contributed by atoms with Crippen molar-refractivity contribution in [3.8, 4) is 5.95 Å². The Kier molecular flexibility index (Phi) is 6.99. The van der Waals surface area contributed by atoms with E-state index in [-0.39, 0.29) is 36.0 Å². The van der Waals surface area contributed by atoms with Crippen molar-refractivity contribution < 1.29 is 18.0 Å². The van der Waals surface area contributed by atoms with Crippen LogP contribution in [0.25, 0.3) is 5.95 Å². The van der Waals surface area contributed by atoms with Gasteiger partial charge in [0.15, 0.2) is 0 Å². The molecule has 4 N–H and O–H groups in total. The van der Waals surface area contributed by atoms with Gasteiger partial charge in [-0.05, 0) is 25.7 Å². The summed E-state index contributed by atoms with van der Waals surface area (Å²) in [5.74, 6) is -1.79. The summed E-state index contributed by atoms with van der Waals surface area (Å²) in [7, 11) is 0. The largest absolute Gasteiger partial charge is 0.451 e. The highest BCUT2D eigenvalue weighted by Crippen LogP contribution is 2.27. The van der Waals surface area contributed by atoms with E-state index in [1.165, 1.54) is 13.3 Å². The Labute approximate surface area is 165 Å². The van der Waals surface area contributed by atoms with Crippen molar-refractivity contribution in [3.05, 3.63) is 17.5 Å². The van der Waals surface area contributed by atoms with Crippen LogP contribution < -0.4 is 11.1 Å². The normalized spacial score (nSPS) is 16.5. The first kappa shape index (κ1) is 22.1. The van der Waals surface area contributed by atoms with Crippen LogP contribution in [0.15, 0.2) is 0 Å². The number of amides is 1. The first-order valence-electron chi connectivity index (χ1n) is 8.74. The van der Waals surface area contributed by atoms with Gasteiger partial charge in [-0.2, -0.15) is 22.8 Å². The number of H-pyrrole nitrogens is 1. The monoisotopic (exact) mass is 422 g/mol. The van der Waals surface area contributed by atoms with Crippen LogP contribution in [0.1, 0.15) is 54.4 Å². The van der Waals surface area contributed by atoms with Crippen LogP contribution in [0, 0.1) is 12.8 Å². The number of hydrogen-bond donors (Lipinski definition) is 3. The predicted octanol–water partition coefficient (Wildman–Crippen LogP) is 1.77. The molecule has 0 aromatic carbocycles. The Hall–Kier alpha value is -2.21. The Morgan fingerprint density at radius 2 is 2.00 bits per heavy atom. The van der Waals surface area contributed by atoms with Gasteiger partial charge in [0, 0.05) is 12.6 Å². The van der Waals surface area contributed by atoms with Gasteiger partial charge in [0.1, 0.15) is 5.82 Å². The lowest BCUT2D eigenvalue weighted by atomic mass is 9.84. The Morgan fingerprint density at radius 1 is 1.32 bits per heavy atom. The lowest BCUT2D eigenvalue weighted by Gasteiger charge is -2.29. The van der Waals surface area contributed by atoms with E-state index in [9.17, 15) is 18.0 Å². The zero-order chi connectivity index (χ0) is 19.6. The molecule has 2 aromatic heterocycles. The van der Waals surface area contributed by atoms with Gasteiger partial charge in [-0.3, -0.25) is 9.89 Å². The standard InChI is InChI=1S/C15H21F3N8O.ClH/c1-8-20-11(12(27)21-10(7-19)9-5-3-2-4-6-9)25-26(8)14-22-13(23-24-14)15(16,17)18;/h9-10H,2-7,19H2,1H3,(H,21,27)(H,22,23,24);1H. The second-order valence-corrected chi connectivity index (χ2v) is 6.59. The molecule has 156 valence electrons. The predicted molar refractivity (Wildman–Crippen MR) is 95.2 cm³/mol. The number of carbonyl (C=O) groups excluding carboxylic acids is 1. The first-order chi connectivity index (χ1) is 12.8. The van der Waals surface area contributed by atoms with E-state index < -0.39 is 17.9 Å². The van der Waals surface area contributed by atoms with E-state index in [1.807, 2.05) is 0 Å². The Morgan fingerprint density at radius 3 is 2.57 bits per heavy atom. The number of nitrogens with two attached hydrogens (primary N) is 1. The van der Waals surface area contributed by atoms with Crippen LogP contribution >= 0.6 is 12.4 Å². The molecule has 0 aliphatic heterocycles. The fraction of sp³-hybridized carbons (Fsp3) is 0.667. The Balaban J connectivity index is 0.00000280. The molecule has 0 bridgehead atoms. The molecule has 28 heavy (non-hydrogen) atoms. The van der Waals surface area contributed by atoms with E-state index >= 15 is 0 Å². The van der Waals surface area contributed by atoms with Crippen molar-refractivity contribution in [2.75, 3.05) is 6.54 Å². The van der Waals surface area contributed by atoms with Crippen LogP contribution in [-0.2, 0) is 6.18 Å². The van der Waals surface area contributed by atoms with E-state index in [2.05, 4.69) is 25.5 Å². The summed E-state index contributed by atoms with van der Waals surface area (Å²) in [5.41, 5.74) is 5.81. The summed E-state index contributed by atoms with van der Waals surface area (Å²) in [5, 5.41) is 12.1. The molecule has 1 saturated carbocycles. The molecule has 1 fully saturated rings. The van der Waals surface area contributed by atoms with E-state index in [1.54, 1.807) is 5.10 Å². The topological polar surface area (TPSA) is 127 Å². The number of aromatic amines is 1. The van der Waals surface area contributed by atoms with Gasteiger partial charge in [-0.1, -0.05) is 19.3 Å². The van der Waals surface area contributed by atoms with Crippen LogP contribution in [0.3, 0.4) is 0 Å². The number of rotatable bonds is 5. The smallest absolute Gasteiger partial charge is 0.345 e. The minimum Gasteiger partial charge on any atom is -0.345 e. The van der Waals surface area contributed by atoms with Gasteiger partial charge in [0.05, 0.1) is 0 Å². The highest BCUT2D eigenvalue weighted by molar-refractivity contribution is 5.90. The van der Waals surface area contributed by atoms with Gasteiger partial charge in [0.25, 0.3) is 11.9 Å². The summed E-state index contributed by atoms with van der Waals surface area (Å²) < 4.78 is 39.0. The van der Waals surface area contributed by atoms with Crippen molar-refractivity contribution in [1.29, 1.82) is 0 Å². The fourth-order valence-electron chi connectivity index (χ4n) is 3.29. The summed E-state index contributed by atoms with van der Waals surface area (Å²) in [6.45, 7) is 1.79. The molecule has 9 nitrogen and oxygen atoms in total. The zero-order valence-electron chi connectivity index (χ0n) is 15.2. The molecule has 2 aromatic rings. The number of alkyl halides is 3. The molecular weight excluding hydrogens is 401 g/mol. The van der Waals surface area contributed by atoms with Gasteiger partial charge < -0.3 is 11.1 Å².